The predicted octanol–water partition coefficient (Wildman–Crippen LogP) is 2.21. The third kappa shape index (κ3) is 5.22. The third-order valence-electron chi connectivity index (χ3n) is 2.68. The first-order valence-electron chi connectivity index (χ1n) is 6.44. The molecule has 1 heterocycles. The highest BCUT2D eigenvalue weighted by atomic mass is 16.4. The molecule has 0 fully saturated rings. The van der Waals surface area contributed by atoms with Gasteiger partial charge in [0.2, 0.25) is 5.95 Å². The van der Waals surface area contributed by atoms with Gasteiger partial charge in [0.1, 0.15) is 11.8 Å². The first kappa shape index (κ1) is 15.9. The van der Waals surface area contributed by atoms with Gasteiger partial charge in [0, 0.05) is 12.2 Å². The molecule has 20 heavy (non-hydrogen) atoms. The van der Waals surface area contributed by atoms with Crippen LogP contribution in [-0.4, -0.2) is 27.6 Å². The zero-order valence-electron chi connectivity index (χ0n) is 12.3. The maximum absolute atomic E-state index is 11.3. The highest BCUT2D eigenvalue weighted by Crippen LogP contribution is 2.24. The van der Waals surface area contributed by atoms with Gasteiger partial charge < -0.3 is 10.4 Å². The molecule has 0 radical (unpaired) electrons. The second-order valence-corrected chi connectivity index (χ2v) is 6.01. The van der Waals surface area contributed by atoms with Crippen molar-refractivity contribution in [1.82, 2.24) is 9.97 Å². The van der Waals surface area contributed by atoms with E-state index in [1.54, 1.807) is 13.0 Å². The molecule has 0 aliphatic rings. The number of nitriles is 1. The molecular weight excluding hydrogens is 256 g/mol. The van der Waals surface area contributed by atoms with Gasteiger partial charge in [-0.1, -0.05) is 20.8 Å². The maximum atomic E-state index is 11.3. The van der Waals surface area contributed by atoms with Gasteiger partial charge in [0.05, 0.1) is 5.92 Å². The summed E-state index contributed by atoms with van der Waals surface area (Å²) in [7, 11) is 0. The fraction of sp³-hybridized carbons (Fsp3) is 0.571. The monoisotopic (exact) mass is 276 g/mol. The number of carbonyl (C=O) groups is 1. The smallest absolute Gasteiger partial charge is 0.308 e. The standard InChI is InChI=1S/C14H20N4O2/c1-9-5-11(7-15)18-13(17-9)16-8-10(12(19)20)6-14(2,3)4/h5,10H,6,8H2,1-4H3,(H,19,20)(H,16,17,18). The predicted molar refractivity (Wildman–Crippen MR) is 75.2 cm³/mol. The lowest BCUT2D eigenvalue weighted by Gasteiger charge is -2.23. The molecule has 0 aliphatic carbocycles. The molecule has 2 N–H and O–H groups in total. The topological polar surface area (TPSA) is 98.9 Å². The van der Waals surface area contributed by atoms with Gasteiger partial charge in [-0.2, -0.15) is 5.26 Å². The van der Waals surface area contributed by atoms with Gasteiger partial charge in [-0.25, -0.2) is 9.97 Å². The Hall–Kier alpha value is -2.16. The van der Waals surface area contributed by atoms with Crippen LogP contribution in [0.3, 0.4) is 0 Å². The summed E-state index contributed by atoms with van der Waals surface area (Å²) in [4.78, 5) is 19.4. The molecular formula is C14H20N4O2. The average Bonchev–Trinajstić information content (AvgIpc) is 2.32. The highest BCUT2D eigenvalue weighted by Gasteiger charge is 2.24. The van der Waals surface area contributed by atoms with Crippen LogP contribution < -0.4 is 5.32 Å². The number of aryl methyl sites for hydroxylation is 1. The van der Waals surface area contributed by atoms with Gasteiger partial charge in [0.25, 0.3) is 0 Å². The first-order valence-corrected chi connectivity index (χ1v) is 6.44. The zero-order valence-corrected chi connectivity index (χ0v) is 12.3. The van der Waals surface area contributed by atoms with Crippen LogP contribution >= 0.6 is 0 Å². The lowest BCUT2D eigenvalue weighted by molar-refractivity contribution is -0.142. The quantitative estimate of drug-likeness (QED) is 0.855. The van der Waals surface area contributed by atoms with E-state index in [0.29, 0.717) is 18.1 Å². The molecule has 6 nitrogen and oxygen atoms in total. The Morgan fingerprint density at radius 3 is 2.65 bits per heavy atom. The van der Waals surface area contributed by atoms with E-state index in [2.05, 4.69) is 15.3 Å². The largest absolute Gasteiger partial charge is 0.481 e. The van der Waals surface area contributed by atoms with E-state index in [9.17, 15) is 9.90 Å². The fourth-order valence-electron chi connectivity index (χ4n) is 1.91. The number of carboxylic acid groups (broad SMARTS) is 1. The van der Waals surface area contributed by atoms with Crippen molar-refractivity contribution in [3.8, 4) is 6.07 Å². The molecule has 0 bridgehead atoms. The SMILES string of the molecule is Cc1cc(C#N)nc(NCC(CC(C)(C)C)C(=O)O)n1. The highest BCUT2D eigenvalue weighted by molar-refractivity contribution is 5.70. The zero-order chi connectivity index (χ0) is 15.3. The van der Waals surface area contributed by atoms with E-state index in [0.717, 1.165) is 0 Å². The van der Waals surface area contributed by atoms with Crippen LogP contribution in [0.15, 0.2) is 6.07 Å². The van der Waals surface area contributed by atoms with Gasteiger partial charge >= 0.3 is 5.97 Å². The summed E-state index contributed by atoms with van der Waals surface area (Å²) in [5.74, 6) is -1.08. The fourth-order valence-corrected chi connectivity index (χ4v) is 1.91. The lowest BCUT2D eigenvalue weighted by atomic mass is 9.84. The number of hydrogen-bond acceptors (Lipinski definition) is 5. The molecule has 1 aromatic rings. The molecule has 1 rings (SSSR count). The third-order valence-corrected chi connectivity index (χ3v) is 2.68. The number of carboxylic acids is 1. The number of hydrogen-bond donors (Lipinski definition) is 2. The van der Waals surface area contributed by atoms with Crippen LogP contribution in [0.1, 0.15) is 38.6 Å². The molecule has 108 valence electrons. The molecule has 6 heteroatoms. The van der Waals surface area contributed by atoms with E-state index < -0.39 is 11.9 Å². The Labute approximate surface area is 118 Å². The number of rotatable bonds is 5. The molecule has 1 unspecified atom stereocenters. The Morgan fingerprint density at radius 2 is 2.15 bits per heavy atom. The molecule has 0 aliphatic heterocycles. The first-order chi connectivity index (χ1) is 9.21. The van der Waals surface area contributed by atoms with Crippen molar-refractivity contribution in [2.75, 3.05) is 11.9 Å². The summed E-state index contributed by atoms with van der Waals surface area (Å²) >= 11 is 0. The maximum Gasteiger partial charge on any atom is 0.308 e. The van der Waals surface area contributed by atoms with Gasteiger partial charge in [-0.15, -0.1) is 0 Å². The molecule has 0 aromatic carbocycles. The summed E-state index contributed by atoms with van der Waals surface area (Å²) < 4.78 is 0. The van der Waals surface area contributed by atoms with Crippen molar-refractivity contribution in [3.63, 3.8) is 0 Å². The van der Waals surface area contributed by atoms with Crippen LogP contribution in [0.5, 0.6) is 0 Å². The molecule has 0 spiro atoms. The Bertz CT molecular complexity index is 529. The summed E-state index contributed by atoms with van der Waals surface area (Å²) in [6, 6.07) is 3.53. The number of nitrogens with zero attached hydrogens (tertiary/aromatic N) is 3. The number of nitrogens with one attached hydrogen (secondary N) is 1. The van der Waals surface area contributed by atoms with Crippen molar-refractivity contribution in [3.05, 3.63) is 17.5 Å². The summed E-state index contributed by atoms with van der Waals surface area (Å²) in [6.07, 6.45) is 0.548. The second-order valence-electron chi connectivity index (χ2n) is 6.01. The van der Waals surface area contributed by atoms with Crippen LogP contribution in [0.2, 0.25) is 0 Å². The minimum atomic E-state index is -0.847. The van der Waals surface area contributed by atoms with Crippen molar-refractivity contribution in [2.45, 2.75) is 34.1 Å². The minimum absolute atomic E-state index is 0.0734. The Morgan fingerprint density at radius 1 is 1.50 bits per heavy atom. The molecule has 0 saturated heterocycles. The minimum Gasteiger partial charge on any atom is -0.481 e. The molecule has 1 aromatic heterocycles. The van der Waals surface area contributed by atoms with E-state index in [-0.39, 0.29) is 17.7 Å². The van der Waals surface area contributed by atoms with Crippen molar-refractivity contribution in [1.29, 1.82) is 5.26 Å². The lowest BCUT2D eigenvalue weighted by Crippen LogP contribution is -2.28. The van der Waals surface area contributed by atoms with Gasteiger partial charge in [0.15, 0.2) is 0 Å². The summed E-state index contributed by atoms with van der Waals surface area (Å²) in [5, 5.41) is 21.0. The summed E-state index contributed by atoms with van der Waals surface area (Å²) in [6.45, 7) is 8.00. The number of aliphatic carboxylic acids is 1. The Balaban J connectivity index is 2.76. The Kier molecular flexibility index (Phi) is 5.03. The van der Waals surface area contributed by atoms with Gasteiger partial charge in [-0.05, 0) is 24.8 Å². The van der Waals surface area contributed by atoms with E-state index in [1.165, 1.54) is 0 Å². The van der Waals surface area contributed by atoms with Crippen LogP contribution in [-0.2, 0) is 4.79 Å². The number of anilines is 1. The van der Waals surface area contributed by atoms with E-state index in [4.69, 9.17) is 5.26 Å². The normalized spacial score (nSPS) is 12.6. The van der Waals surface area contributed by atoms with Gasteiger partial charge in [-0.3, -0.25) is 4.79 Å². The molecule has 0 amide bonds. The van der Waals surface area contributed by atoms with E-state index in [1.807, 2.05) is 26.8 Å². The van der Waals surface area contributed by atoms with Crippen molar-refractivity contribution in [2.24, 2.45) is 11.3 Å². The van der Waals surface area contributed by atoms with E-state index >= 15 is 0 Å². The van der Waals surface area contributed by atoms with Crippen LogP contribution in [0.25, 0.3) is 0 Å². The van der Waals surface area contributed by atoms with Crippen LogP contribution in [0.4, 0.5) is 5.95 Å². The molecule has 1 atom stereocenters. The van der Waals surface area contributed by atoms with Crippen molar-refractivity contribution >= 4 is 11.9 Å². The second kappa shape index (κ2) is 6.33. The van der Waals surface area contributed by atoms with Crippen LogP contribution in [0, 0.1) is 29.6 Å². The number of aromatic nitrogens is 2. The summed E-state index contributed by atoms with van der Waals surface area (Å²) in [5.41, 5.74) is 0.861. The van der Waals surface area contributed by atoms with Crippen molar-refractivity contribution < 1.29 is 9.90 Å². The average molecular weight is 276 g/mol. The molecule has 0 saturated carbocycles.